The van der Waals surface area contributed by atoms with E-state index in [4.69, 9.17) is 0 Å². The first-order valence-corrected chi connectivity index (χ1v) is 8.51. The molecule has 1 saturated carbocycles. The molecule has 1 rings (SSSR count). The van der Waals surface area contributed by atoms with Crippen molar-refractivity contribution >= 4 is 11.8 Å². The smallest absolute Gasteiger partial charge is 0.257 e. The lowest BCUT2D eigenvalue weighted by Crippen LogP contribution is -2.53. The predicted octanol–water partition coefficient (Wildman–Crippen LogP) is 3.30. The van der Waals surface area contributed by atoms with Crippen LogP contribution in [-0.2, 0) is 9.59 Å². The molecule has 24 heavy (non-hydrogen) atoms. The van der Waals surface area contributed by atoms with Gasteiger partial charge in [-0.25, -0.2) is 8.78 Å². The Morgan fingerprint density at radius 3 is 1.96 bits per heavy atom. The summed E-state index contributed by atoms with van der Waals surface area (Å²) in [5.74, 6) is -1.26. The number of nitrogens with one attached hydrogen (secondary N) is 2. The van der Waals surface area contributed by atoms with Gasteiger partial charge in [-0.1, -0.05) is 20.8 Å². The molecule has 0 unspecified atom stereocenters. The molecule has 2 atom stereocenters. The molecule has 2 amide bonds. The van der Waals surface area contributed by atoms with Crippen molar-refractivity contribution in [3.8, 4) is 0 Å². The molecule has 1 aliphatic carbocycles. The van der Waals surface area contributed by atoms with E-state index in [1.807, 2.05) is 6.92 Å². The highest BCUT2D eigenvalue weighted by Gasteiger charge is 2.43. The van der Waals surface area contributed by atoms with Gasteiger partial charge in [0.1, 0.15) is 0 Å². The molecule has 0 aromatic carbocycles. The number of hydrogen-bond donors (Lipinski definition) is 2. The first-order chi connectivity index (χ1) is 10.5. The standard InChI is InChI=1S/C18H32F2N2O2/c1-15(2)8-12(22-14(24)17(5,6)20)9-18(7,10-15)11-21-13(23)16(3,4)19/h12H,8-11H2,1-7H3,(H,21,23)(H,22,24)/t12-,18+/m0/s1. The zero-order valence-electron chi connectivity index (χ0n) is 16.0. The summed E-state index contributed by atoms with van der Waals surface area (Å²) in [4.78, 5) is 23.7. The highest BCUT2D eigenvalue weighted by Crippen LogP contribution is 2.46. The number of rotatable bonds is 5. The molecule has 140 valence electrons. The van der Waals surface area contributed by atoms with Crippen LogP contribution in [0.15, 0.2) is 0 Å². The fraction of sp³-hybridized carbons (Fsp3) is 0.889. The summed E-state index contributed by atoms with van der Waals surface area (Å²) in [7, 11) is 0. The second-order valence-corrected chi connectivity index (χ2v) is 9.36. The summed E-state index contributed by atoms with van der Waals surface area (Å²) < 4.78 is 27.5. The maximum atomic E-state index is 13.8. The molecule has 0 saturated heterocycles. The van der Waals surface area contributed by atoms with Crippen molar-refractivity contribution in [2.75, 3.05) is 6.54 Å². The summed E-state index contributed by atoms with van der Waals surface area (Å²) in [5, 5.41) is 5.46. The van der Waals surface area contributed by atoms with Gasteiger partial charge in [-0.3, -0.25) is 9.59 Å². The molecule has 0 aliphatic heterocycles. The van der Waals surface area contributed by atoms with Crippen molar-refractivity contribution in [2.24, 2.45) is 10.8 Å². The van der Waals surface area contributed by atoms with Crippen molar-refractivity contribution < 1.29 is 18.4 Å². The Labute approximate surface area is 144 Å². The zero-order valence-corrected chi connectivity index (χ0v) is 16.0. The van der Waals surface area contributed by atoms with Gasteiger partial charge < -0.3 is 10.6 Å². The third-order valence-corrected chi connectivity index (χ3v) is 4.53. The molecule has 0 radical (unpaired) electrons. The van der Waals surface area contributed by atoms with Crippen LogP contribution in [0.25, 0.3) is 0 Å². The number of halogens is 2. The fourth-order valence-electron chi connectivity index (χ4n) is 3.73. The van der Waals surface area contributed by atoms with Crippen molar-refractivity contribution in [1.29, 1.82) is 0 Å². The average molecular weight is 346 g/mol. The third-order valence-electron chi connectivity index (χ3n) is 4.53. The minimum absolute atomic E-state index is 0.0681. The Kier molecular flexibility index (Phi) is 5.73. The third kappa shape index (κ3) is 6.02. The lowest BCUT2D eigenvalue weighted by molar-refractivity contribution is -0.133. The van der Waals surface area contributed by atoms with Gasteiger partial charge in [-0.15, -0.1) is 0 Å². The molecule has 0 aromatic heterocycles. The maximum absolute atomic E-state index is 13.8. The monoisotopic (exact) mass is 346 g/mol. The molecule has 4 nitrogen and oxygen atoms in total. The van der Waals surface area contributed by atoms with E-state index in [9.17, 15) is 18.4 Å². The van der Waals surface area contributed by atoms with Crippen molar-refractivity contribution in [3.63, 3.8) is 0 Å². The van der Waals surface area contributed by atoms with E-state index in [1.54, 1.807) is 0 Å². The number of alkyl halides is 2. The Morgan fingerprint density at radius 2 is 1.50 bits per heavy atom. The molecule has 6 heteroatoms. The van der Waals surface area contributed by atoms with Gasteiger partial charge in [0.15, 0.2) is 11.3 Å². The van der Waals surface area contributed by atoms with Crippen molar-refractivity contribution in [1.82, 2.24) is 10.6 Å². The van der Waals surface area contributed by atoms with Gasteiger partial charge in [0.2, 0.25) is 0 Å². The van der Waals surface area contributed by atoms with Gasteiger partial charge in [0.25, 0.3) is 11.8 Å². The number of carbonyl (C=O) groups is 2. The Morgan fingerprint density at radius 1 is 1.00 bits per heavy atom. The number of carbonyl (C=O) groups excluding carboxylic acids is 2. The molecule has 1 fully saturated rings. The highest BCUT2D eigenvalue weighted by molar-refractivity contribution is 5.84. The van der Waals surface area contributed by atoms with Crippen LogP contribution in [-0.4, -0.2) is 35.7 Å². The van der Waals surface area contributed by atoms with Crippen LogP contribution in [0.4, 0.5) is 8.78 Å². The highest BCUT2D eigenvalue weighted by atomic mass is 19.1. The van der Waals surface area contributed by atoms with E-state index in [0.717, 1.165) is 12.8 Å². The quantitative estimate of drug-likeness (QED) is 0.802. The molecule has 0 aromatic rings. The maximum Gasteiger partial charge on any atom is 0.257 e. The Balaban J connectivity index is 2.80. The van der Waals surface area contributed by atoms with Crippen LogP contribution in [0.2, 0.25) is 0 Å². The lowest BCUT2D eigenvalue weighted by Gasteiger charge is -2.47. The summed E-state index contributed by atoms with van der Waals surface area (Å²) in [6, 6.07) is -0.170. The molecular weight excluding hydrogens is 314 g/mol. The topological polar surface area (TPSA) is 58.2 Å². The first-order valence-electron chi connectivity index (χ1n) is 8.51. The van der Waals surface area contributed by atoms with E-state index in [2.05, 4.69) is 24.5 Å². The van der Waals surface area contributed by atoms with Crippen molar-refractivity contribution in [2.45, 2.75) is 85.1 Å². The lowest BCUT2D eigenvalue weighted by atomic mass is 9.62. The molecular formula is C18H32F2N2O2. The van der Waals surface area contributed by atoms with Crippen molar-refractivity contribution in [3.05, 3.63) is 0 Å². The van der Waals surface area contributed by atoms with Crippen LogP contribution in [0, 0.1) is 10.8 Å². The van der Waals surface area contributed by atoms with Crippen LogP contribution < -0.4 is 10.6 Å². The summed E-state index contributed by atoms with van der Waals surface area (Å²) in [6.45, 7) is 11.4. The molecule has 0 heterocycles. The molecule has 2 N–H and O–H groups in total. The predicted molar refractivity (Wildman–Crippen MR) is 91.1 cm³/mol. The van der Waals surface area contributed by atoms with Crippen LogP contribution >= 0.6 is 0 Å². The van der Waals surface area contributed by atoms with E-state index in [1.165, 1.54) is 27.7 Å². The molecule has 0 spiro atoms. The second-order valence-electron chi connectivity index (χ2n) is 9.36. The van der Waals surface area contributed by atoms with Crippen LogP contribution in [0.1, 0.15) is 67.7 Å². The normalized spacial score (nSPS) is 27.5. The number of amides is 2. The second kappa shape index (κ2) is 6.60. The Hall–Kier alpha value is -1.20. The SMILES string of the molecule is CC1(C)C[C@H](NC(=O)C(C)(C)F)C[C@@](C)(CNC(=O)C(C)(C)F)C1. The van der Waals surface area contributed by atoms with E-state index in [0.29, 0.717) is 13.0 Å². The molecule has 1 aliphatic rings. The van der Waals surface area contributed by atoms with Crippen LogP contribution in [0.3, 0.4) is 0 Å². The molecule has 0 bridgehead atoms. The fourth-order valence-corrected chi connectivity index (χ4v) is 3.73. The van der Waals surface area contributed by atoms with Gasteiger partial charge in [0, 0.05) is 12.6 Å². The van der Waals surface area contributed by atoms with E-state index >= 15 is 0 Å². The zero-order chi connectivity index (χ0) is 19.0. The minimum Gasteiger partial charge on any atom is -0.353 e. The average Bonchev–Trinajstić information content (AvgIpc) is 2.31. The minimum atomic E-state index is -1.93. The van der Waals surface area contributed by atoms with Gasteiger partial charge in [0.05, 0.1) is 0 Å². The van der Waals surface area contributed by atoms with Gasteiger partial charge in [-0.05, 0) is 57.8 Å². The summed E-state index contributed by atoms with van der Waals surface area (Å²) in [6.07, 6.45) is 2.19. The van der Waals surface area contributed by atoms with E-state index < -0.39 is 23.2 Å². The summed E-state index contributed by atoms with van der Waals surface area (Å²) >= 11 is 0. The van der Waals surface area contributed by atoms with Crippen LogP contribution in [0.5, 0.6) is 0 Å². The number of hydrogen-bond acceptors (Lipinski definition) is 2. The first kappa shape index (κ1) is 20.8. The van der Waals surface area contributed by atoms with E-state index in [-0.39, 0.29) is 16.9 Å². The summed E-state index contributed by atoms with van der Waals surface area (Å²) in [5.41, 5.74) is -4.21. The van der Waals surface area contributed by atoms with Gasteiger partial charge >= 0.3 is 0 Å². The largest absolute Gasteiger partial charge is 0.353 e. The van der Waals surface area contributed by atoms with Gasteiger partial charge in [-0.2, -0.15) is 0 Å². The Bertz CT molecular complexity index is 492.